The number of para-hydroxylation sites is 1. The maximum atomic E-state index is 13.2. The van der Waals surface area contributed by atoms with Gasteiger partial charge in [0.25, 0.3) is 5.91 Å². The highest BCUT2D eigenvalue weighted by Gasteiger charge is 2.22. The summed E-state index contributed by atoms with van der Waals surface area (Å²) >= 11 is 2.80. The molecule has 0 spiro atoms. The van der Waals surface area contributed by atoms with Gasteiger partial charge in [-0.3, -0.25) is 9.69 Å². The second-order valence-corrected chi connectivity index (χ2v) is 8.92. The number of thiazole rings is 1. The van der Waals surface area contributed by atoms with Crippen LogP contribution >= 0.6 is 22.7 Å². The van der Waals surface area contributed by atoms with Crippen LogP contribution in [-0.2, 0) is 0 Å². The summed E-state index contributed by atoms with van der Waals surface area (Å²) in [6.07, 6.45) is 0. The standard InChI is InChI=1S/C23H17FN4OS2/c1-14-18-12-20(31-22(18)28(26-14)17-6-4-3-5-7-17)21(29)27(2)23-25-19(13-30-23)15-8-10-16(24)11-9-15/h3-13H,1-2H3. The Kier molecular flexibility index (Phi) is 4.88. The van der Waals surface area contributed by atoms with Crippen molar-refractivity contribution in [3.63, 3.8) is 0 Å². The fourth-order valence-electron chi connectivity index (χ4n) is 3.32. The largest absolute Gasteiger partial charge is 0.286 e. The number of halogens is 1. The van der Waals surface area contributed by atoms with Crippen molar-refractivity contribution >= 4 is 43.9 Å². The number of rotatable bonds is 4. The van der Waals surface area contributed by atoms with Crippen LogP contribution in [0.25, 0.3) is 27.2 Å². The molecule has 8 heteroatoms. The van der Waals surface area contributed by atoms with Crippen LogP contribution in [0, 0.1) is 12.7 Å². The zero-order chi connectivity index (χ0) is 21.5. The van der Waals surface area contributed by atoms with Crippen molar-refractivity contribution in [2.75, 3.05) is 11.9 Å². The van der Waals surface area contributed by atoms with E-state index < -0.39 is 0 Å². The number of hydrogen-bond acceptors (Lipinski definition) is 5. The zero-order valence-corrected chi connectivity index (χ0v) is 18.4. The highest BCUT2D eigenvalue weighted by molar-refractivity contribution is 7.20. The molecule has 154 valence electrons. The molecule has 0 saturated heterocycles. The van der Waals surface area contributed by atoms with Gasteiger partial charge < -0.3 is 0 Å². The minimum atomic E-state index is -0.291. The van der Waals surface area contributed by atoms with Gasteiger partial charge in [-0.15, -0.1) is 22.7 Å². The summed E-state index contributed by atoms with van der Waals surface area (Å²) in [7, 11) is 1.72. The third-order valence-electron chi connectivity index (χ3n) is 4.98. The van der Waals surface area contributed by atoms with Crippen LogP contribution in [0.15, 0.2) is 66.0 Å². The molecule has 3 heterocycles. The number of amides is 1. The van der Waals surface area contributed by atoms with Gasteiger partial charge in [0, 0.05) is 23.4 Å². The van der Waals surface area contributed by atoms with E-state index in [4.69, 9.17) is 0 Å². The van der Waals surface area contributed by atoms with Gasteiger partial charge in [-0.1, -0.05) is 18.2 Å². The molecular weight excluding hydrogens is 431 g/mol. The van der Waals surface area contributed by atoms with E-state index in [1.807, 2.05) is 53.4 Å². The van der Waals surface area contributed by atoms with Gasteiger partial charge in [-0.05, 0) is 49.4 Å². The van der Waals surface area contributed by atoms with Crippen LogP contribution < -0.4 is 4.90 Å². The summed E-state index contributed by atoms with van der Waals surface area (Å²) in [5, 5.41) is 8.06. The molecule has 1 amide bonds. The van der Waals surface area contributed by atoms with E-state index in [0.29, 0.717) is 15.7 Å². The first-order valence-corrected chi connectivity index (χ1v) is 11.2. The summed E-state index contributed by atoms with van der Waals surface area (Å²) < 4.78 is 15.1. The topological polar surface area (TPSA) is 51.0 Å². The van der Waals surface area contributed by atoms with E-state index >= 15 is 0 Å². The van der Waals surface area contributed by atoms with Gasteiger partial charge in [0.1, 0.15) is 10.6 Å². The highest BCUT2D eigenvalue weighted by Crippen LogP contribution is 2.33. The molecule has 0 unspecified atom stereocenters. The molecule has 0 fully saturated rings. The van der Waals surface area contributed by atoms with Crippen molar-refractivity contribution in [3.05, 3.63) is 82.4 Å². The van der Waals surface area contributed by atoms with Crippen molar-refractivity contribution in [1.82, 2.24) is 14.8 Å². The molecular formula is C23H17FN4OS2. The molecule has 0 bridgehead atoms. The van der Waals surface area contributed by atoms with E-state index in [9.17, 15) is 9.18 Å². The highest BCUT2D eigenvalue weighted by atomic mass is 32.1. The van der Waals surface area contributed by atoms with Gasteiger partial charge in [0.2, 0.25) is 0 Å². The summed E-state index contributed by atoms with van der Waals surface area (Å²) in [5.74, 6) is -0.416. The summed E-state index contributed by atoms with van der Waals surface area (Å²) in [6, 6.07) is 17.9. The Bertz CT molecular complexity index is 1390. The number of anilines is 1. The predicted molar refractivity (Wildman–Crippen MR) is 124 cm³/mol. The van der Waals surface area contributed by atoms with E-state index in [1.165, 1.54) is 34.8 Å². The lowest BCUT2D eigenvalue weighted by atomic mass is 10.2. The van der Waals surface area contributed by atoms with Crippen LogP contribution in [0.5, 0.6) is 0 Å². The van der Waals surface area contributed by atoms with Crippen LogP contribution in [0.2, 0.25) is 0 Å². The average Bonchev–Trinajstić information content (AvgIpc) is 3.51. The third-order valence-corrected chi connectivity index (χ3v) is 7.00. The number of fused-ring (bicyclic) bond motifs is 1. The molecule has 5 aromatic rings. The minimum Gasteiger partial charge on any atom is -0.286 e. The Morgan fingerprint density at radius 2 is 1.84 bits per heavy atom. The molecule has 5 nitrogen and oxygen atoms in total. The zero-order valence-electron chi connectivity index (χ0n) is 16.7. The van der Waals surface area contributed by atoms with Crippen molar-refractivity contribution < 1.29 is 9.18 Å². The number of carbonyl (C=O) groups excluding carboxylic acids is 1. The Hall–Kier alpha value is -3.36. The van der Waals surface area contributed by atoms with E-state index in [1.54, 1.807) is 24.1 Å². The monoisotopic (exact) mass is 448 g/mol. The fourth-order valence-corrected chi connectivity index (χ4v) is 5.28. The lowest BCUT2D eigenvalue weighted by Crippen LogP contribution is -2.25. The predicted octanol–water partition coefficient (Wildman–Crippen LogP) is 5.93. The minimum absolute atomic E-state index is 0.125. The lowest BCUT2D eigenvalue weighted by Gasteiger charge is -2.12. The summed E-state index contributed by atoms with van der Waals surface area (Å²) in [4.78, 5) is 20.9. The van der Waals surface area contributed by atoms with E-state index in [-0.39, 0.29) is 11.7 Å². The molecule has 0 aliphatic rings. The van der Waals surface area contributed by atoms with E-state index in [2.05, 4.69) is 10.1 Å². The molecule has 3 aromatic heterocycles. The molecule has 0 atom stereocenters. The quantitative estimate of drug-likeness (QED) is 0.342. The molecule has 0 aliphatic carbocycles. The normalized spacial score (nSPS) is 11.2. The first-order valence-electron chi connectivity index (χ1n) is 9.55. The molecule has 0 radical (unpaired) electrons. The summed E-state index contributed by atoms with van der Waals surface area (Å²) in [6.45, 7) is 1.95. The smallest absolute Gasteiger partial charge is 0.269 e. The molecule has 0 N–H and O–H groups in total. The van der Waals surface area contributed by atoms with Gasteiger partial charge in [0.15, 0.2) is 5.13 Å². The number of benzene rings is 2. The van der Waals surface area contributed by atoms with Crippen LogP contribution in [-0.4, -0.2) is 27.7 Å². The first kappa shape index (κ1) is 19.6. The van der Waals surface area contributed by atoms with Gasteiger partial charge in [0.05, 0.1) is 22.0 Å². The van der Waals surface area contributed by atoms with Crippen LogP contribution in [0.1, 0.15) is 15.4 Å². The number of hydrogen-bond donors (Lipinski definition) is 0. The van der Waals surface area contributed by atoms with E-state index in [0.717, 1.165) is 27.2 Å². The second kappa shape index (κ2) is 7.72. The second-order valence-electron chi connectivity index (χ2n) is 7.05. The van der Waals surface area contributed by atoms with Crippen LogP contribution in [0.3, 0.4) is 0 Å². The number of aryl methyl sites for hydroxylation is 1. The van der Waals surface area contributed by atoms with Gasteiger partial charge in [-0.25, -0.2) is 14.1 Å². The van der Waals surface area contributed by atoms with Crippen LogP contribution in [0.4, 0.5) is 9.52 Å². The third kappa shape index (κ3) is 3.54. The molecule has 0 aliphatic heterocycles. The number of aromatic nitrogens is 3. The summed E-state index contributed by atoms with van der Waals surface area (Å²) in [5.41, 5.74) is 3.36. The van der Waals surface area contributed by atoms with Gasteiger partial charge >= 0.3 is 0 Å². The molecule has 2 aromatic carbocycles. The maximum absolute atomic E-state index is 13.2. The number of thiophene rings is 1. The molecule has 31 heavy (non-hydrogen) atoms. The lowest BCUT2D eigenvalue weighted by molar-refractivity contribution is 0.0997. The van der Waals surface area contributed by atoms with Crippen molar-refractivity contribution in [1.29, 1.82) is 0 Å². The first-order chi connectivity index (χ1) is 15.0. The Balaban J connectivity index is 1.46. The Morgan fingerprint density at radius 1 is 1.10 bits per heavy atom. The SMILES string of the molecule is Cc1nn(-c2ccccc2)c2sc(C(=O)N(C)c3nc(-c4ccc(F)cc4)cs3)cc12. The van der Waals surface area contributed by atoms with Crippen molar-refractivity contribution in [3.8, 4) is 16.9 Å². The molecule has 5 rings (SSSR count). The number of nitrogens with zero attached hydrogens (tertiary/aromatic N) is 4. The molecule has 0 saturated carbocycles. The number of carbonyl (C=O) groups is 1. The maximum Gasteiger partial charge on any atom is 0.269 e. The average molecular weight is 449 g/mol. The Morgan fingerprint density at radius 3 is 2.58 bits per heavy atom. The fraction of sp³-hybridized carbons (Fsp3) is 0.0870. The Labute approximate surface area is 186 Å². The van der Waals surface area contributed by atoms with Crippen molar-refractivity contribution in [2.45, 2.75) is 6.92 Å². The van der Waals surface area contributed by atoms with Gasteiger partial charge in [-0.2, -0.15) is 5.10 Å². The van der Waals surface area contributed by atoms with Crippen molar-refractivity contribution in [2.24, 2.45) is 0 Å².